The Morgan fingerprint density at radius 3 is 2.42 bits per heavy atom. The zero-order valence-electron chi connectivity index (χ0n) is 15.9. The van der Waals surface area contributed by atoms with Gasteiger partial charge in [0, 0.05) is 38.3 Å². The number of nitrogens with one attached hydrogen (secondary N) is 1. The molecule has 8 nitrogen and oxygen atoms in total. The standard InChI is InChI=1S/C18H27N5O3/c1-5-16(24)23-11-13(8-15(23)18(26)22(6-2)7-3)21-17(25)14-10-19-12(4)9-20-14/h9-10,13,15H,5-8,11H2,1-4H3,(H,21,25)/t13-,15-/m0/s1. The molecule has 2 atom stereocenters. The minimum Gasteiger partial charge on any atom is -0.346 e. The van der Waals surface area contributed by atoms with E-state index in [2.05, 4.69) is 15.3 Å². The molecule has 1 N–H and O–H groups in total. The molecule has 0 aliphatic carbocycles. The van der Waals surface area contributed by atoms with Crippen LogP contribution in [0.2, 0.25) is 0 Å². The fraction of sp³-hybridized carbons (Fsp3) is 0.611. The van der Waals surface area contributed by atoms with E-state index in [-0.39, 0.29) is 29.5 Å². The van der Waals surface area contributed by atoms with Gasteiger partial charge in [0.2, 0.25) is 11.8 Å². The first-order valence-corrected chi connectivity index (χ1v) is 9.08. The first kappa shape index (κ1) is 19.8. The zero-order chi connectivity index (χ0) is 19.3. The third kappa shape index (κ3) is 4.36. The van der Waals surface area contributed by atoms with Gasteiger partial charge in [-0.15, -0.1) is 0 Å². The van der Waals surface area contributed by atoms with E-state index in [4.69, 9.17) is 0 Å². The molecule has 2 heterocycles. The first-order valence-electron chi connectivity index (χ1n) is 9.08. The van der Waals surface area contributed by atoms with E-state index in [1.807, 2.05) is 13.8 Å². The minimum absolute atomic E-state index is 0.0660. The highest BCUT2D eigenvalue weighted by Gasteiger charge is 2.41. The van der Waals surface area contributed by atoms with Gasteiger partial charge in [0.25, 0.3) is 5.91 Å². The van der Waals surface area contributed by atoms with Crippen molar-refractivity contribution in [2.45, 2.75) is 52.6 Å². The Morgan fingerprint density at radius 2 is 1.88 bits per heavy atom. The van der Waals surface area contributed by atoms with Crippen molar-refractivity contribution >= 4 is 17.7 Å². The number of amides is 3. The maximum atomic E-state index is 12.8. The highest BCUT2D eigenvalue weighted by atomic mass is 16.2. The van der Waals surface area contributed by atoms with Crippen LogP contribution in [-0.4, -0.2) is 69.2 Å². The molecule has 3 amide bonds. The molecule has 2 rings (SSSR count). The van der Waals surface area contributed by atoms with E-state index in [9.17, 15) is 14.4 Å². The molecule has 1 aliphatic heterocycles. The molecule has 0 bridgehead atoms. The lowest BCUT2D eigenvalue weighted by atomic mass is 10.1. The lowest BCUT2D eigenvalue weighted by Crippen LogP contribution is -2.47. The number of nitrogens with zero attached hydrogens (tertiary/aromatic N) is 4. The van der Waals surface area contributed by atoms with E-state index in [0.29, 0.717) is 32.5 Å². The van der Waals surface area contributed by atoms with Crippen molar-refractivity contribution in [1.82, 2.24) is 25.1 Å². The lowest BCUT2D eigenvalue weighted by molar-refractivity contribution is -0.143. The van der Waals surface area contributed by atoms with Crippen molar-refractivity contribution in [2.24, 2.45) is 0 Å². The topological polar surface area (TPSA) is 95.5 Å². The predicted molar refractivity (Wildman–Crippen MR) is 96.4 cm³/mol. The molecule has 0 saturated carbocycles. The summed E-state index contributed by atoms with van der Waals surface area (Å²) in [5.74, 6) is -0.492. The summed E-state index contributed by atoms with van der Waals surface area (Å²) < 4.78 is 0. The normalized spacial score (nSPS) is 19.3. The van der Waals surface area contributed by atoms with Crippen molar-refractivity contribution in [1.29, 1.82) is 0 Å². The van der Waals surface area contributed by atoms with E-state index in [1.54, 1.807) is 23.6 Å². The molecule has 142 valence electrons. The largest absolute Gasteiger partial charge is 0.346 e. The maximum absolute atomic E-state index is 12.8. The molecule has 0 unspecified atom stereocenters. The second kappa shape index (κ2) is 8.73. The van der Waals surface area contributed by atoms with Gasteiger partial charge in [-0.05, 0) is 27.2 Å². The smallest absolute Gasteiger partial charge is 0.271 e. The molecule has 1 saturated heterocycles. The van der Waals surface area contributed by atoms with Crippen LogP contribution in [0.3, 0.4) is 0 Å². The molecular formula is C18H27N5O3. The van der Waals surface area contributed by atoms with Crippen LogP contribution in [0.5, 0.6) is 0 Å². The summed E-state index contributed by atoms with van der Waals surface area (Å²) in [4.78, 5) is 48.9. The van der Waals surface area contributed by atoms with Gasteiger partial charge in [-0.25, -0.2) is 4.98 Å². The Morgan fingerprint density at radius 1 is 1.19 bits per heavy atom. The molecule has 8 heteroatoms. The summed E-state index contributed by atoms with van der Waals surface area (Å²) in [7, 11) is 0. The van der Waals surface area contributed by atoms with Crippen LogP contribution in [0.1, 0.15) is 49.8 Å². The Kier molecular flexibility index (Phi) is 6.65. The zero-order valence-corrected chi connectivity index (χ0v) is 15.9. The van der Waals surface area contributed by atoms with Crippen molar-refractivity contribution in [3.63, 3.8) is 0 Å². The number of aryl methyl sites for hydroxylation is 1. The summed E-state index contributed by atoms with van der Waals surface area (Å²) in [5.41, 5.74) is 0.953. The van der Waals surface area contributed by atoms with E-state index in [0.717, 1.165) is 5.69 Å². The number of aromatic nitrogens is 2. The van der Waals surface area contributed by atoms with Crippen molar-refractivity contribution in [3.8, 4) is 0 Å². The fourth-order valence-electron chi connectivity index (χ4n) is 3.17. The van der Waals surface area contributed by atoms with Crippen molar-refractivity contribution in [3.05, 3.63) is 23.8 Å². The fourth-order valence-corrected chi connectivity index (χ4v) is 3.17. The third-order valence-corrected chi connectivity index (χ3v) is 4.63. The molecule has 1 aromatic rings. The Balaban J connectivity index is 2.11. The van der Waals surface area contributed by atoms with Crippen molar-refractivity contribution in [2.75, 3.05) is 19.6 Å². The number of hydrogen-bond donors (Lipinski definition) is 1. The van der Waals surface area contributed by atoms with Crippen LogP contribution in [-0.2, 0) is 9.59 Å². The number of rotatable bonds is 6. The van der Waals surface area contributed by atoms with Gasteiger partial charge in [0.1, 0.15) is 11.7 Å². The second-order valence-corrected chi connectivity index (χ2v) is 6.38. The Bertz CT molecular complexity index is 657. The summed E-state index contributed by atoms with van der Waals surface area (Å²) >= 11 is 0. The van der Waals surface area contributed by atoms with Crippen LogP contribution in [0.15, 0.2) is 12.4 Å². The van der Waals surface area contributed by atoms with Gasteiger partial charge in [0.05, 0.1) is 11.9 Å². The number of carbonyl (C=O) groups is 3. The van der Waals surface area contributed by atoms with Crippen LogP contribution in [0.25, 0.3) is 0 Å². The number of likely N-dealkylation sites (tertiary alicyclic amines) is 1. The van der Waals surface area contributed by atoms with E-state index < -0.39 is 6.04 Å². The highest BCUT2D eigenvalue weighted by molar-refractivity contribution is 5.93. The minimum atomic E-state index is -0.531. The molecule has 0 aromatic carbocycles. The van der Waals surface area contributed by atoms with E-state index >= 15 is 0 Å². The average Bonchev–Trinajstić information content (AvgIpc) is 3.06. The molecular weight excluding hydrogens is 334 g/mol. The van der Waals surface area contributed by atoms with Gasteiger partial charge in [-0.1, -0.05) is 6.92 Å². The first-order chi connectivity index (χ1) is 12.4. The molecule has 1 aliphatic rings. The van der Waals surface area contributed by atoms with Crippen LogP contribution < -0.4 is 5.32 Å². The maximum Gasteiger partial charge on any atom is 0.271 e. The van der Waals surface area contributed by atoms with Crippen LogP contribution in [0, 0.1) is 6.92 Å². The second-order valence-electron chi connectivity index (χ2n) is 6.38. The quantitative estimate of drug-likeness (QED) is 0.807. The van der Waals surface area contributed by atoms with E-state index in [1.165, 1.54) is 12.4 Å². The number of carbonyl (C=O) groups excluding carboxylic acids is 3. The van der Waals surface area contributed by atoms with Gasteiger partial charge < -0.3 is 15.1 Å². The molecule has 0 radical (unpaired) electrons. The molecule has 26 heavy (non-hydrogen) atoms. The molecule has 1 fully saturated rings. The summed E-state index contributed by atoms with van der Waals surface area (Å²) in [6.07, 6.45) is 3.69. The van der Waals surface area contributed by atoms with Gasteiger partial charge in [-0.2, -0.15) is 0 Å². The van der Waals surface area contributed by atoms with Crippen molar-refractivity contribution < 1.29 is 14.4 Å². The van der Waals surface area contributed by atoms with Crippen LogP contribution in [0.4, 0.5) is 0 Å². The summed E-state index contributed by atoms with van der Waals surface area (Å²) in [6, 6.07) is -0.817. The SMILES string of the molecule is CCC(=O)N1C[C@@H](NC(=O)c2cnc(C)cn2)C[C@H]1C(=O)N(CC)CC. The lowest BCUT2D eigenvalue weighted by Gasteiger charge is -2.28. The number of hydrogen-bond acceptors (Lipinski definition) is 5. The summed E-state index contributed by atoms with van der Waals surface area (Å²) in [6.45, 7) is 8.91. The average molecular weight is 361 g/mol. The van der Waals surface area contributed by atoms with Gasteiger partial charge in [0.15, 0.2) is 0 Å². The number of likely N-dealkylation sites (N-methyl/N-ethyl adjacent to an activating group) is 1. The predicted octanol–water partition coefficient (Wildman–Crippen LogP) is 0.763. The molecule has 0 spiro atoms. The third-order valence-electron chi connectivity index (χ3n) is 4.63. The van der Waals surface area contributed by atoms with Gasteiger partial charge in [-0.3, -0.25) is 19.4 Å². The Hall–Kier alpha value is -2.51. The molecule has 1 aromatic heterocycles. The Labute approximate surface area is 154 Å². The van der Waals surface area contributed by atoms with Gasteiger partial charge >= 0.3 is 0 Å². The summed E-state index contributed by atoms with van der Waals surface area (Å²) in [5, 5.41) is 2.88. The van der Waals surface area contributed by atoms with Crippen LogP contribution >= 0.6 is 0 Å². The highest BCUT2D eigenvalue weighted by Crippen LogP contribution is 2.21. The monoisotopic (exact) mass is 361 g/mol.